The van der Waals surface area contributed by atoms with Crippen molar-refractivity contribution < 1.29 is 0 Å². The molecule has 0 aromatic carbocycles. The van der Waals surface area contributed by atoms with Crippen molar-refractivity contribution in [2.24, 2.45) is 0 Å². The Morgan fingerprint density at radius 3 is 2.86 bits per heavy atom. The third kappa shape index (κ3) is 1.86. The zero-order valence-corrected chi connectivity index (χ0v) is 6.70. The van der Waals surface area contributed by atoms with Gasteiger partial charge in [0.25, 0.3) is 0 Å². The van der Waals surface area contributed by atoms with Gasteiger partial charge < -0.3 is 0 Å². The molecule has 0 radical (unpaired) electrons. The van der Waals surface area contributed by atoms with Gasteiger partial charge in [0.05, 0.1) is 0 Å². The Labute approximate surface area is 61.2 Å². The van der Waals surface area contributed by atoms with Crippen LogP contribution in [0.15, 0.2) is 20.5 Å². The summed E-state index contributed by atoms with van der Waals surface area (Å²) < 4.78 is 1.39. The summed E-state index contributed by atoms with van der Waals surface area (Å²) in [6.45, 7) is 0. The number of halogens is 1. The van der Waals surface area contributed by atoms with Gasteiger partial charge in [0.1, 0.15) is 0 Å². The van der Waals surface area contributed by atoms with Crippen molar-refractivity contribution in [1.82, 2.24) is 0 Å². The molecule has 0 amide bonds. The highest BCUT2D eigenvalue weighted by Gasteiger charge is 1.90. The van der Waals surface area contributed by atoms with Crippen molar-refractivity contribution in [3.05, 3.63) is 20.5 Å². The van der Waals surface area contributed by atoms with Gasteiger partial charge in [-0.3, -0.25) is 0 Å². The van der Waals surface area contributed by atoms with Crippen LogP contribution in [0.1, 0.15) is 6.42 Å². The fourth-order valence-electron chi connectivity index (χ4n) is 0.377. The summed E-state index contributed by atoms with van der Waals surface area (Å²) in [5, 5.41) is 2.13. The molecule has 38 valence electrons. The normalized spacial score (nSPS) is 19.3. The first-order chi connectivity index (χ1) is 3.39. The molecule has 0 aliphatic carbocycles. The standard InChI is InChI=1S/C5H5IS/c6-5-3-1-2-4-7-5/h2-4H,1H2. The van der Waals surface area contributed by atoms with Crippen LogP contribution in [0.5, 0.6) is 0 Å². The molecule has 1 aliphatic rings. The van der Waals surface area contributed by atoms with Crippen molar-refractivity contribution in [3.8, 4) is 0 Å². The van der Waals surface area contributed by atoms with E-state index >= 15 is 0 Å². The molecule has 7 heavy (non-hydrogen) atoms. The Morgan fingerprint density at radius 2 is 2.57 bits per heavy atom. The summed E-state index contributed by atoms with van der Waals surface area (Å²) in [6, 6.07) is 0. The smallest absolute Gasteiger partial charge is 0.0463 e. The summed E-state index contributed by atoms with van der Waals surface area (Å²) in [4.78, 5) is 0. The van der Waals surface area contributed by atoms with Crippen LogP contribution in [-0.4, -0.2) is 0 Å². The molecule has 0 fully saturated rings. The molecule has 0 bridgehead atoms. The van der Waals surface area contributed by atoms with Gasteiger partial charge in [-0.1, -0.05) is 23.9 Å². The molecule has 0 aromatic heterocycles. The number of hydrogen-bond acceptors (Lipinski definition) is 1. The Morgan fingerprint density at radius 1 is 1.71 bits per heavy atom. The summed E-state index contributed by atoms with van der Waals surface area (Å²) in [5.74, 6) is 0. The predicted molar refractivity (Wildman–Crippen MR) is 43.5 cm³/mol. The van der Waals surface area contributed by atoms with Gasteiger partial charge in [-0.05, 0) is 34.4 Å². The number of allylic oxidation sites excluding steroid dienone is 2. The molecule has 0 unspecified atom stereocenters. The van der Waals surface area contributed by atoms with Crippen molar-refractivity contribution in [2.75, 3.05) is 0 Å². The van der Waals surface area contributed by atoms with Gasteiger partial charge in [0, 0.05) is 2.91 Å². The minimum absolute atomic E-state index is 1.12. The van der Waals surface area contributed by atoms with Crippen molar-refractivity contribution >= 4 is 34.4 Å². The molecule has 1 rings (SSSR count). The van der Waals surface area contributed by atoms with Gasteiger partial charge >= 0.3 is 0 Å². The van der Waals surface area contributed by atoms with E-state index in [9.17, 15) is 0 Å². The third-order valence-corrected chi connectivity index (χ3v) is 2.61. The van der Waals surface area contributed by atoms with E-state index in [-0.39, 0.29) is 0 Å². The van der Waals surface area contributed by atoms with Crippen molar-refractivity contribution in [2.45, 2.75) is 6.42 Å². The predicted octanol–water partition coefficient (Wildman–Crippen LogP) is 2.91. The highest BCUT2D eigenvalue weighted by atomic mass is 127. The maximum absolute atomic E-state index is 2.33. The molecule has 2 heteroatoms. The largest absolute Gasteiger partial charge is 0.0921 e. The number of rotatable bonds is 0. The van der Waals surface area contributed by atoms with Crippen LogP contribution < -0.4 is 0 Å². The van der Waals surface area contributed by atoms with E-state index in [4.69, 9.17) is 0 Å². The highest BCUT2D eigenvalue weighted by Crippen LogP contribution is 2.27. The monoisotopic (exact) mass is 224 g/mol. The Hall–Kier alpha value is 0.560. The minimum atomic E-state index is 1.12. The molecule has 0 aromatic rings. The molecule has 1 heterocycles. The molecule has 0 saturated carbocycles. The summed E-state index contributed by atoms with van der Waals surface area (Å²) >= 11 is 4.11. The van der Waals surface area contributed by atoms with Crippen LogP contribution in [-0.2, 0) is 0 Å². The zero-order chi connectivity index (χ0) is 5.11. The van der Waals surface area contributed by atoms with Gasteiger partial charge in [-0.25, -0.2) is 0 Å². The molecular formula is C5H5IS. The van der Waals surface area contributed by atoms with E-state index in [0.717, 1.165) is 6.42 Å². The average Bonchev–Trinajstić information content (AvgIpc) is 1.69. The van der Waals surface area contributed by atoms with E-state index in [1.54, 1.807) is 11.8 Å². The lowest BCUT2D eigenvalue weighted by Gasteiger charge is -1.95. The Balaban J connectivity index is 2.50. The zero-order valence-electron chi connectivity index (χ0n) is 3.73. The van der Waals surface area contributed by atoms with Crippen LogP contribution in [0.25, 0.3) is 0 Å². The maximum Gasteiger partial charge on any atom is 0.0463 e. The van der Waals surface area contributed by atoms with Crippen LogP contribution in [0.4, 0.5) is 0 Å². The van der Waals surface area contributed by atoms with Crippen LogP contribution in [0.3, 0.4) is 0 Å². The van der Waals surface area contributed by atoms with E-state index in [2.05, 4.69) is 40.2 Å². The van der Waals surface area contributed by atoms with Gasteiger partial charge in [0.15, 0.2) is 0 Å². The van der Waals surface area contributed by atoms with Gasteiger partial charge in [-0.2, -0.15) is 0 Å². The van der Waals surface area contributed by atoms with Crippen LogP contribution in [0, 0.1) is 0 Å². The van der Waals surface area contributed by atoms with Crippen molar-refractivity contribution in [1.29, 1.82) is 0 Å². The van der Waals surface area contributed by atoms with E-state index in [1.807, 2.05) is 0 Å². The van der Waals surface area contributed by atoms with E-state index < -0.39 is 0 Å². The van der Waals surface area contributed by atoms with E-state index in [0.29, 0.717) is 0 Å². The first-order valence-electron chi connectivity index (χ1n) is 2.07. The molecule has 0 N–H and O–H groups in total. The van der Waals surface area contributed by atoms with E-state index in [1.165, 1.54) is 2.91 Å². The molecule has 1 aliphatic heterocycles. The molecule has 0 spiro atoms. The SMILES string of the molecule is IC1=CCC=CS1. The summed E-state index contributed by atoms with van der Waals surface area (Å²) in [7, 11) is 0. The topological polar surface area (TPSA) is 0 Å². The quantitative estimate of drug-likeness (QED) is 0.570. The lowest BCUT2D eigenvalue weighted by molar-refractivity contribution is 1.41. The van der Waals surface area contributed by atoms with Gasteiger partial charge in [-0.15, -0.1) is 0 Å². The molecule has 0 atom stereocenters. The lowest BCUT2D eigenvalue weighted by atomic mass is 10.4. The van der Waals surface area contributed by atoms with Crippen molar-refractivity contribution in [3.63, 3.8) is 0 Å². The maximum atomic E-state index is 2.33. The number of thioether (sulfide) groups is 1. The molecular weight excluding hydrogens is 219 g/mol. The summed E-state index contributed by atoms with van der Waals surface area (Å²) in [5.41, 5.74) is 0. The fourth-order valence-corrected chi connectivity index (χ4v) is 1.60. The first-order valence-corrected chi connectivity index (χ1v) is 4.03. The van der Waals surface area contributed by atoms with Gasteiger partial charge in [0.2, 0.25) is 0 Å². The average molecular weight is 224 g/mol. The lowest BCUT2D eigenvalue weighted by Crippen LogP contribution is -1.65. The number of hydrogen-bond donors (Lipinski definition) is 0. The minimum Gasteiger partial charge on any atom is -0.0921 e. The fraction of sp³-hybridized carbons (Fsp3) is 0.200. The first kappa shape index (κ1) is 5.69. The molecule has 0 saturated heterocycles. The third-order valence-electron chi connectivity index (χ3n) is 0.691. The Kier molecular flexibility index (Phi) is 2.25. The summed E-state index contributed by atoms with van der Waals surface area (Å²) in [6.07, 6.45) is 5.49. The Bertz CT molecular complexity index is 115. The highest BCUT2D eigenvalue weighted by molar-refractivity contribution is 14.1. The molecule has 0 nitrogen and oxygen atoms in total. The van der Waals surface area contributed by atoms with Crippen LogP contribution in [0.2, 0.25) is 0 Å². The second kappa shape index (κ2) is 2.77. The van der Waals surface area contributed by atoms with Crippen LogP contribution >= 0.6 is 34.4 Å². The second-order valence-electron chi connectivity index (χ2n) is 1.23. The second-order valence-corrected chi connectivity index (χ2v) is 4.08.